The third-order valence-corrected chi connectivity index (χ3v) is 6.37. The first kappa shape index (κ1) is 25.2. The zero-order valence-corrected chi connectivity index (χ0v) is 19.8. The molecule has 1 atom stereocenters. The van der Waals surface area contributed by atoms with Crippen LogP contribution in [0, 0.1) is 15.5 Å². The number of alkyl halides is 3. The van der Waals surface area contributed by atoms with Crippen LogP contribution in [0.15, 0.2) is 71.1 Å². The Morgan fingerprint density at radius 3 is 2.42 bits per heavy atom. The summed E-state index contributed by atoms with van der Waals surface area (Å²) in [7, 11) is 0. The molecule has 188 valence electrons. The van der Waals surface area contributed by atoms with Crippen molar-refractivity contribution in [1.82, 2.24) is 5.32 Å². The molecule has 0 radical (unpaired) electrons. The fourth-order valence-electron chi connectivity index (χ4n) is 4.83. The number of nitro benzene ring substituents is 1. The first-order valence-corrected chi connectivity index (χ1v) is 11.2. The molecule has 36 heavy (non-hydrogen) atoms. The normalized spacial score (nSPS) is 19.5. The fourth-order valence-corrected chi connectivity index (χ4v) is 4.83. The summed E-state index contributed by atoms with van der Waals surface area (Å²) in [5, 5.41) is 16.9. The van der Waals surface area contributed by atoms with E-state index < -0.39 is 28.5 Å². The van der Waals surface area contributed by atoms with Crippen molar-refractivity contribution in [2.24, 2.45) is 5.41 Å². The molecular weight excluding hydrogens is 475 g/mol. The van der Waals surface area contributed by atoms with Crippen LogP contribution in [-0.4, -0.2) is 16.6 Å². The Kier molecular flexibility index (Phi) is 6.24. The number of rotatable bonds is 4. The fraction of sp³-hybridized carbons (Fsp3) is 0.308. The quantitative estimate of drug-likeness (QED) is 0.406. The largest absolute Gasteiger partial charge is 0.416 e. The van der Waals surface area contributed by atoms with Gasteiger partial charge in [-0.1, -0.05) is 32.0 Å². The number of hydrogen-bond acceptors (Lipinski definition) is 5. The molecule has 7 nitrogen and oxygen atoms in total. The number of benzene rings is 2. The number of ketones is 1. The van der Waals surface area contributed by atoms with Gasteiger partial charge >= 0.3 is 6.18 Å². The Morgan fingerprint density at radius 1 is 1.14 bits per heavy atom. The second-order valence-electron chi connectivity index (χ2n) is 9.81. The molecule has 0 aromatic heterocycles. The van der Waals surface area contributed by atoms with Gasteiger partial charge in [-0.3, -0.25) is 19.7 Å². The highest BCUT2D eigenvalue weighted by molar-refractivity contribution is 6.10. The van der Waals surface area contributed by atoms with E-state index in [0.29, 0.717) is 29.0 Å². The molecule has 2 aromatic rings. The zero-order valence-electron chi connectivity index (χ0n) is 19.8. The number of amides is 1. The molecule has 0 spiro atoms. The molecule has 2 aromatic carbocycles. The molecule has 2 N–H and O–H groups in total. The van der Waals surface area contributed by atoms with E-state index in [0.717, 1.165) is 12.1 Å². The van der Waals surface area contributed by atoms with E-state index in [4.69, 9.17) is 0 Å². The van der Waals surface area contributed by atoms with Crippen molar-refractivity contribution in [3.8, 4) is 0 Å². The monoisotopic (exact) mass is 499 g/mol. The molecule has 4 rings (SSSR count). The Balaban J connectivity index is 1.78. The molecule has 0 saturated carbocycles. The van der Waals surface area contributed by atoms with Crippen LogP contribution in [0.25, 0.3) is 0 Å². The van der Waals surface area contributed by atoms with Crippen LogP contribution in [0.4, 0.5) is 24.5 Å². The summed E-state index contributed by atoms with van der Waals surface area (Å²) in [6, 6.07) is 9.87. The number of nitrogens with zero attached hydrogens (tertiary/aromatic N) is 1. The van der Waals surface area contributed by atoms with E-state index in [-0.39, 0.29) is 34.6 Å². The second kappa shape index (κ2) is 8.92. The number of hydrogen-bond donors (Lipinski definition) is 2. The topological polar surface area (TPSA) is 101 Å². The lowest BCUT2D eigenvalue weighted by Gasteiger charge is -2.39. The number of non-ortho nitro benzene ring substituents is 1. The summed E-state index contributed by atoms with van der Waals surface area (Å²) in [6.07, 6.45) is -3.78. The number of dihydropyridines is 1. The van der Waals surface area contributed by atoms with E-state index in [1.54, 1.807) is 6.92 Å². The average Bonchev–Trinajstić information content (AvgIpc) is 2.76. The standard InChI is InChI=1S/C26H24F3N3O4/c1-14-21(24(34)31-17-6-4-5-16(11-17)26(27,28)29)22(15-7-9-18(10-8-15)32(35)36)23-19(30-14)12-25(2,3)13-20(23)33/h4-11,22,30H,12-13H2,1-3H3,(H,31,34)/t22-/m0/s1. The van der Waals surface area contributed by atoms with Gasteiger partial charge in [0.25, 0.3) is 11.6 Å². The molecule has 2 aliphatic rings. The second-order valence-corrected chi connectivity index (χ2v) is 9.81. The number of allylic oxidation sites excluding steroid dienone is 3. The van der Waals surface area contributed by atoms with Crippen molar-refractivity contribution in [3.63, 3.8) is 0 Å². The van der Waals surface area contributed by atoms with Gasteiger partial charge in [-0.25, -0.2) is 0 Å². The van der Waals surface area contributed by atoms with Gasteiger partial charge in [-0.2, -0.15) is 13.2 Å². The Hall–Kier alpha value is -3.95. The van der Waals surface area contributed by atoms with Gasteiger partial charge in [-0.15, -0.1) is 0 Å². The predicted molar refractivity (Wildman–Crippen MR) is 127 cm³/mol. The molecule has 1 amide bonds. The van der Waals surface area contributed by atoms with Crippen molar-refractivity contribution in [1.29, 1.82) is 0 Å². The van der Waals surface area contributed by atoms with Gasteiger partial charge in [0.2, 0.25) is 0 Å². The molecular formula is C26H24F3N3O4. The summed E-state index contributed by atoms with van der Waals surface area (Å²) >= 11 is 0. The number of carbonyl (C=O) groups excluding carboxylic acids is 2. The summed E-state index contributed by atoms with van der Waals surface area (Å²) in [5.74, 6) is -1.67. The van der Waals surface area contributed by atoms with E-state index in [9.17, 15) is 32.9 Å². The van der Waals surface area contributed by atoms with Crippen LogP contribution in [0.5, 0.6) is 0 Å². The number of nitrogens with one attached hydrogen (secondary N) is 2. The molecule has 1 aliphatic heterocycles. The molecule has 0 unspecified atom stereocenters. The number of anilines is 1. The third kappa shape index (κ3) is 4.89. The highest BCUT2D eigenvalue weighted by Crippen LogP contribution is 2.47. The van der Waals surface area contributed by atoms with Crippen molar-refractivity contribution < 1.29 is 27.7 Å². The average molecular weight is 499 g/mol. The molecule has 0 saturated heterocycles. The van der Waals surface area contributed by atoms with E-state index in [1.165, 1.54) is 36.4 Å². The molecule has 1 aliphatic carbocycles. The van der Waals surface area contributed by atoms with Crippen molar-refractivity contribution in [2.75, 3.05) is 5.32 Å². The first-order chi connectivity index (χ1) is 16.8. The number of halogens is 3. The van der Waals surface area contributed by atoms with Gasteiger partial charge in [0.1, 0.15) is 0 Å². The van der Waals surface area contributed by atoms with Crippen LogP contribution in [0.3, 0.4) is 0 Å². The van der Waals surface area contributed by atoms with E-state index in [1.807, 2.05) is 13.8 Å². The highest BCUT2D eigenvalue weighted by atomic mass is 19.4. The first-order valence-electron chi connectivity index (χ1n) is 11.2. The maximum Gasteiger partial charge on any atom is 0.416 e. The lowest BCUT2D eigenvalue weighted by atomic mass is 9.68. The third-order valence-electron chi connectivity index (χ3n) is 6.37. The van der Waals surface area contributed by atoms with Crippen molar-refractivity contribution >= 4 is 23.1 Å². The minimum Gasteiger partial charge on any atom is -0.362 e. The molecule has 10 heteroatoms. The van der Waals surface area contributed by atoms with Gasteiger partial charge in [0.05, 0.1) is 10.5 Å². The Morgan fingerprint density at radius 2 is 1.81 bits per heavy atom. The summed E-state index contributed by atoms with van der Waals surface area (Å²) in [6.45, 7) is 5.59. The summed E-state index contributed by atoms with van der Waals surface area (Å²) < 4.78 is 39.5. The SMILES string of the molecule is CC1=C(C(=O)Nc2cccc(C(F)(F)F)c2)[C@H](c2ccc([N+](=O)[O-])cc2)C2=C(CC(C)(C)CC2=O)N1. The minimum atomic E-state index is -4.58. The number of nitro groups is 1. The predicted octanol–water partition coefficient (Wildman–Crippen LogP) is 5.86. The van der Waals surface area contributed by atoms with Gasteiger partial charge in [-0.05, 0) is 42.5 Å². The minimum absolute atomic E-state index is 0.0477. The van der Waals surface area contributed by atoms with Crippen molar-refractivity contribution in [3.05, 3.63) is 92.3 Å². The summed E-state index contributed by atoms with van der Waals surface area (Å²) in [5.41, 5.74) is 0.768. The van der Waals surface area contributed by atoms with Crippen LogP contribution >= 0.6 is 0 Å². The van der Waals surface area contributed by atoms with Gasteiger partial charge in [0.15, 0.2) is 5.78 Å². The smallest absolute Gasteiger partial charge is 0.362 e. The van der Waals surface area contributed by atoms with Crippen LogP contribution in [0.2, 0.25) is 0 Å². The van der Waals surface area contributed by atoms with Gasteiger partial charge in [0, 0.05) is 52.7 Å². The molecule has 1 heterocycles. The maximum atomic E-state index is 13.5. The Labute approximate surface area is 205 Å². The van der Waals surface area contributed by atoms with E-state index >= 15 is 0 Å². The van der Waals surface area contributed by atoms with Crippen LogP contribution < -0.4 is 10.6 Å². The molecule has 0 bridgehead atoms. The zero-order chi connectivity index (χ0) is 26.4. The maximum absolute atomic E-state index is 13.5. The Bertz CT molecular complexity index is 1320. The molecule has 0 fully saturated rings. The number of carbonyl (C=O) groups is 2. The van der Waals surface area contributed by atoms with E-state index in [2.05, 4.69) is 10.6 Å². The van der Waals surface area contributed by atoms with Crippen LogP contribution in [0.1, 0.15) is 50.7 Å². The highest BCUT2D eigenvalue weighted by Gasteiger charge is 2.43. The van der Waals surface area contributed by atoms with Crippen molar-refractivity contribution in [2.45, 2.75) is 45.7 Å². The lowest BCUT2D eigenvalue weighted by molar-refractivity contribution is -0.384. The summed E-state index contributed by atoms with van der Waals surface area (Å²) in [4.78, 5) is 37.4. The van der Waals surface area contributed by atoms with Gasteiger partial charge < -0.3 is 10.6 Å². The lowest BCUT2D eigenvalue weighted by Crippen LogP contribution is -2.39. The van der Waals surface area contributed by atoms with Crippen LogP contribution in [-0.2, 0) is 15.8 Å². The number of Topliss-reactive ketones (excluding diaryl/α,β-unsaturated/α-hetero) is 1.